The van der Waals surface area contributed by atoms with E-state index in [1.165, 1.54) is 161 Å². The van der Waals surface area contributed by atoms with Crippen molar-refractivity contribution in [1.82, 2.24) is 0 Å². The van der Waals surface area contributed by atoms with Gasteiger partial charge in [-0.1, -0.05) is 217 Å². The van der Waals surface area contributed by atoms with E-state index in [9.17, 15) is 9.59 Å². The van der Waals surface area contributed by atoms with Crippen LogP contribution >= 0.6 is 0 Å². The Hall–Kier alpha value is -4.44. The molecule has 0 heterocycles. The molecule has 0 N–H and O–H groups in total. The Kier molecular flexibility index (Phi) is 23.0. The van der Waals surface area contributed by atoms with Crippen molar-refractivity contribution in [2.75, 3.05) is 0 Å². The molecule has 0 spiro atoms. The summed E-state index contributed by atoms with van der Waals surface area (Å²) >= 11 is 0. The molecule has 0 amide bonds. The quantitative estimate of drug-likeness (QED) is 0.0245. The molecule has 64 heavy (non-hydrogen) atoms. The van der Waals surface area contributed by atoms with E-state index in [4.69, 9.17) is 9.47 Å². The zero-order valence-corrected chi connectivity index (χ0v) is 40.5. The standard InChI is InChI=1S/C60H82O4/c1-5-9-13-17-21-25-33-47-37-31-41-53-55(45-43-49(57(47)53)35-27-23-19-15-11-7-3)63-59(61)51-39-29-30-40-52(51)60(62)64-56-46-44-50(36-28-24-20-16-12-8-4)58-48(38-32-42-54(56)58)34-26-22-18-14-10-6-2/h29-32,37-46H,5-28,33-36H2,1-4H3. The number of carbonyl (C=O) groups is 2. The molecule has 0 fully saturated rings. The number of ether oxygens (including phenoxy) is 2. The molecule has 5 aromatic rings. The van der Waals surface area contributed by atoms with Crippen LogP contribution in [0, 0.1) is 0 Å². The van der Waals surface area contributed by atoms with Gasteiger partial charge in [-0.15, -0.1) is 0 Å². The van der Waals surface area contributed by atoms with Crippen LogP contribution in [0.3, 0.4) is 0 Å². The fraction of sp³-hybridized carbons (Fsp3) is 0.533. The second-order valence-electron chi connectivity index (χ2n) is 18.5. The van der Waals surface area contributed by atoms with Crippen molar-refractivity contribution in [1.29, 1.82) is 0 Å². The van der Waals surface area contributed by atoms with Gasteiger partial charge in [0.05, 0.1) is 11.1 Å². The maximum atomic E-state index is 14.2. The average molecular weight is 867 g/mol. The minimum atomic E-state index is -0.556. The molecule has 4 heteroatoms. The van der Waals surface area contributed by atoms with Crippen LogP contribution in [0.5, 0.6) is 11.5 Å². The first-order valence-electron chi connectivity index (χ1n) is 26.1. The van der Waals surface area contributed by atoms with Crippen LogP contribution in [0.4, 0.5) is 0 Å². The lowest BCUT2D eigenvalue weighted by atomic mass is 9.92. The summed E-state index contributed by atoms with van der Waals surface area (Å²) in [6.45, 7) is 9.06. The van der Waals surface area contributed by atoms with Gasteiger partial charge in [-0.2, -0.15) is 0 Å². The van der Waals surface area contributed by atoms with E-state index >= 15 is 0 Å². The number of hydrogen-bond acceptors (Lipinski definition) is 4. The van der Waals surface area contributed by atoms with Crippen molar-refractivity contribution in [3.8, 4) is 11.5 Å². The van der Waals surface area contributed by atoms with Gasteiger partial charge in [0.25, 0.3) is 0 Å². The summed E-state index contributed by atoms with van der Waals surface area (Å²) in [5.74, 6) is -0.0487. The largest absolute Gasteiger partial charge is 0.422 e. The maximum absolute atomic E-state index is 14.2. The first-order chi connectivity index (χ1) is 31.5. The van der Waals surface area contributed by atoms with Crippen LogP contribution in [0.1, 0.15) is 225 Å². The Morgan fingerprint density at radius 2 is 0.625 bits per heavy atom. The van der Waals surface area contributed by atoms with E-state index in [0.717, 1.165) is 62.1 Å². The fourth-order valence-corrected chi connectivity index (χ4v) is 9.61. The minimum absolute atomic E-state index is 0.202. The fourth-order valence-electron chi connectivity index (χ4n) is 9.61. The third kappa shape index (κ3) is 15.6. The van der Waals surface area contributed by atoms with Crippen LogP contribution in [0.2, 0.25) is 0 Å². The average Bonchev–Trinajstić information content (AvgIpc) is 3.32. The zero-order valence-electron chi connectivity index (χ0n) is 40.5. The number of esters is 2. The highest BCUT2D eigenvalue weighted by Crippen LogP contribution is 2.36. The highest BCUT2D eigenvalue weighted by molar-refractivity contribution is 6.06. The Morgan fingerprint density at radius 3 is 0.953 bits per heavy atom. The number of rotatable bonds is 32. The third-order valence-corrected chi connectivity index (χ3v) is 13.3. The molecule has 4 nitrogen and oxygen atoms in total. The molecule has 5 aromatic carbocycles. The zero-order chi connectivity index (χ0) is 45.2. The minimum Gasteiger partial charge on any atom is -0.422 e. The van der Waals surface area contributed by atoms with E-state index in [1.54, 1.807) is 24.3 Å². The smallest absolute Gasteiger partial charge is 0.344 e. The number of hydrogen-bond donors (Lipinski definition) is 0. The molecule has 0 aliphatic carbocycles. The van der Waals surface area contributed by atoms with Gasteiger partial charge in [0.15, 0.2) is 0 Å². The molecule has 0 aromatic heterocycles. The Morgan fingerprint density at radius 1 is 0.328 bits per heavy atom. The molecule has 346 valence electrons. The second kappa shape index (κ2) is 29.2. The molecular weight excluding hydrogens is 785 g/mol. The van der Waals surface area contributed by atoms with Gasteiger partial charge in [-0.25, -0.2) is 9.59 Å². The second-order valence-corrected chi connectivity index (χ2v) is 18.5. The molecule has 0 aliphatic rings. The summed E-state index contributed by atoms with van der Waals surface area (Å²) < 4.78 is 12.6. The number of unbranched alkanes of at least 4 members (excludes halogenated alkanes) is 20. The first kappa shape index (κ1) is 50.6. The van der Waals surface area contributed by atoms with Crippen molar-refractivity contribution >= 4 is 33.5 Å². The van der Waals surface area contributed by atoms with Crippen molar-refractivity contribution in [2.45, 2.75) is 207 Å². The maximum Gasteiger partial charge on any atom is 0.344 e. The summed E-state index contributed by atoms with van der Waals surface area (Å²) in [6, 6.07) is 28.1. The number of carbonyl (C=O) groups excluding carboxylic acids is 2. The Labute approximate surface area is 388 Å². The molecule has 0 saturated carbocycles. The highest BCUT2D eigenvalue weighted by atomic mass is 16.5. The van der Waals surface area contributed by atoms with Crippen molar-refractivity contribution in [3.05, 3.63) is 118 Å². The summed E-state index contributed by atoms with van der Waals surface area (Å²) in [5, 5.41) is 4.38. The lowest BCUT2D eigenvalue weighted by Crippen LogP contribution is -2.18. The molecule has 0 unspecified atom stereocenters. The van der Waals surface area contributed by atoms with E-state index in [-0.39, 0.29) is 11.1 Å². The number of aryl methyl sites for hydroxylation is 4. The first-order valence-corrected chi connectivity index (χ1v) is 26.1. The van der Waals surface area contributed by atoms with Crippen LogP contribution in [0.25, 0.3) is 21.5 Å². The van der Waals surface area contributed by atoms with E-state index in [2.05, 4.69) is 76.2 Å². The van der Waals surface area contributed by atoms with Gasteiger partial charge in [-0.3, -0.25) is 0 Å². The topological polar surface area (TPSA) is 52.6 Å². The molecule has 0 atom stereocenters. The highest BCUT2D eigenvalue weighted by Gasteiger charge is 2.23. The SMILES string of the molecule is CCCCCCCCc1cccc2c(OC(=O)c3ccccc3C(=O)Oc3ccc(CCCCCCCC)c4c(CCCCCCCC)cccc34)ccc(CCCCCCCC)c12. The summed E-state index contributed by atoms with van der Waals surface area (Å²) in [4.78, 5) is 28.5. The normalized spacial score (nSPS) is 11.4. The van der Waals surface area contributed by atoms with Crippen molar-refractivity contribution < 1.29 is 19.1 Å². The van der Waals surface area contributed by atoms with Crippen LogP contribution < -0.4 is 9.47 Å². The van der Waals surface area contributed by atoms with E-state index < -0.39 is 11.9 Å². The van der Waals surface area contributed by atoms with Gasteiger partial charge in [-0.05, 0) is 109 Å². The van der Waals surface area contributed by atoms with Crippen molar-refractivity contribution in [3.63, 3.8) is 0 Å². The molecule has 5 rings (SSSR count). The molecule has 0 radical (unpaired) electrons. The van der Waals surface area contributed by atoms with Crippen LogP contribution in [-0.4, -0.2) is 11.9 Å². The molecule has 0 aliphatic heterocycles. The number of benzene rings is 5. The molecule has 0 bridgehead atoms. The Bertz CT molecular complexity index is 1950. The van der Waals surface area contributed by atoms with Crippen molar-refractivity contribution in [2.24, 2.45) is 0 Å². The van der Waals surface area contributed by atoms with E-state index in [1.807, 2.05) is 12.1 Å². The van der Waals surface area contributed by atoms with Crippen LogP contribution in [0.15, 0.2) is 84.9 Å². The van der Waals surface area contributed by atoms with Gasteiger partial charge in [0.1, 0.15) is 11.5 Å². The summed E-state index contributed by atoms with van der Waals surface area (Å²) in [5.41, 5.74) is 5.72. The Balaban J connectivity index is 1.38. The summed E-state index contributed by atoms with van der Waals surface area (Å²) in [7, 11) is 0. The van der Waals surface area contributed by atoms with Gasteiger partial charge < -0.3 is 9.47 Å². The van der Waals surface area contributed by atoms with Gasteiger partial charge in [0.2, 0.25) is 0 Å². The number of fused-ring (bicyclic) bond motifs is 2. The van der Waals surface area contributed by atoms with E-state index in [0.29, 0.717) is 11.5 Å². The summed E-state index contributed by atoms with van der Waals surface area (Å²) in [6.07, 6.45) is 34.0. The lowest BCUT2D eigenvalue weighted by Gasteiger charge is -2.17. The lowest BCUT2D eigenvalue weighted by molar-refractivity contribution is 0.0694. The van der Waals surface area contributed by atoms with Crippen LogP contribution in [-0.2, 0) is 25.7 Å². The monoisotopic (exact) mass is 867 g/mol. The predicted octanol–water partition coefficient (Wildman–Crippen LogP) is 18.0. The van der Waals surface area contributed by atoms with Gasteiger partial charge in [0, 0.05) is 10.8 Å². The third-order valence-electron chi connectivity index (χ3n) is 13.3. The molecule has 0 saturated heterocycles. The predicted molar refractivity (Wildman–Crippen MR) is 273 cm³/mol. The molecular formula is C60H82O4. The van der Waals surface area contributed by atoms with Gasteiger partial charge >= 0.3 is 11.9 Å².